The number of hydrogen-bond acceptors (Lipinski definition) is 2. The van der Waals surface area contributed by atoms with Crippen molar-refractivity contribution in [2.24, 2.45) is 7.05 Å². The minimum absolute atomic E-state index is 0.0848. The molecule has 0 unspecified atom stereocenters. The molecule has 0 saturated heterocycles. The summed E-state index contributed by atoms with van der Waals surface area (Å²) >= 11 is 0. The fourth-order valence-electron chi connectivity index (χ4n) is 1.83. The van der Waals surface area contributed by atoms with Crippen molar-refractivity contribution in [2.45, 2.75) is 20.8 Å². The molecule has 3 heteroatoms. The SMILES string of the molecule is Cc1cc(-c2cnn(C)c(=O)c2)cc(C)c1C. The van der Waals surface area contributed by atoms with E-state index in [9.17, 15) is 4.79 Å². The molecule has 0 aliphatic heterocycles. The maximum absolute atomic E-state index is 11.6. The second-order valence-electron chi connectivity index (χ2n) is 4.44. The Morgan fingerprint density at radius 2 is 1.59 bits per heavy atom. The molecule has 0 saturated carbocycles. The van der Waals surface area contributed by atoms with Gasteiger partial charge in [0.1, 0.15) is 0 Å². The lowest BCUT2D eigenvalue weighted by Crippen LogP contribution is -2.17. The summed E-state index contributed by atoms with van der Waals surface area (Å²) < 4.78 is 1.33. The Morgan fingerprint density at radius 1 is 1.00 bits per heavy atom. The first-order chi connectivity index (χ1) is 7.99. The number of aromatic nitrogens is 2. The van der Waals surface area contributed by atoms with Crippen LogP contribution < -0.4 is 5.56 Å². The second kappa shape index (κ2) is 4.17. The standard InChI is InChI=1S/C14H16N2O/c1-9-5-12(6-10(2)11(9)3)13-7-14(17)16(4)15-8-13/h5-8H,1-4H3. The van der Waals surface area contributed by atoms with E-state index in [1.807, 2.05) is 0 Å². The van der Waals surface area contributed by atoms with Crippen LogP contribution in [0.15, 0.2) is 29.2 Å². The fraction of sp³-hybridized carbons (Fsp3) is 0.286. The molecule has 88 valence electrons. The number of nitrogens with zero attached hydrogens (tertiary/aromatic N) is 2. The van der Waals surface area contributed by atoms with E-state index in [0.717, 1.165) is 11.1 Å². The first-order valence-corrected chi connectivity index (χ1v) is 5.60. The Kier molecular flexibility index (Phi) is 2.84. The molecule has 0 aliphatic rings. The molecule has 0 fully saturated rings. The lowest BCUT2D eigenvalue weighted by molar-refractivity contribution is 0.708. The third kappa shape index (κ3) is 2.13. The lowest BCUT2D eigenvalue weighted by atomic mass is 9.97. The summed E-state index contributed by atoms with van der Waals surface area (Å²) in [7, 11) is 1.65. The molecule has 2 aromatic rings. The van der Waals surface area contributed by atoms with Crippen molar-refractivity contribution in [3.8, 4) is 11.1 Å². The summed E-state index contributed by atoms with van der Waals surface area (Å²) in [5, 5.41) is 4.04. The molecular formula is C14H16N2O. The van der Waals surface area contributed by atoms with Crippen molar-refractivity contribution in [1.29, 1.82) is 0 Å². The number of aryl methyl sites for hydroxylation is 3. The van der Waals surface area contributed by atoms with Crippen LogP contribution in [0.1, 0.15) is 16.7 Å². The van der Waals surface area contributed by atoms with Gasteiger partial charge in [0.25, 0.3) is 5.56 Å². The molecule has 1 heterocycles. The number of benzene rings is 1. The van der Waals surface area contributed by atoms with Gasteiger partial charge in [0.2, 0.25) is 0 Å². The van der Waals surface area contributed by atoms with Crippen molar-refractivity contribution >= 4 is 0 Å². The van der Waals surface area contributed by atoms with E-state index in [2.05, 4.69) is 38.0 Å². The van der Waals surface area contributed by atoms with Gasteiger partial charge in [-0.15, -0.1) is 0 Å². The molecule has 0 N–H and O–H groups in total. The first-order valence-electron chi connectivity index (χ1n) is 5.60. The molecule has 1 aromatic carbocycles. The number of rotatable bonds is 1. The average molecular weight is 228 g/mol. The van der Waals surface area contributed by atoms with Crippen LogP contribution in [-0.2, 0) is 7.05 Å². The van der Waals surface area contributed by atoms with Gasteiger partial charge in [-0.2, -0.15) is 5.10 Å². The molecule has 1 aromatic heterocycles. The highest BCUT2D eigenvalue weighted by Gasteiger charge is 2.04. The lowest BCUT2D eigenvalue weighted by Gasteiger charge is -2.09. The zero-order valence-corrected chi connectivity index (χ0v) is 10.6. The second-order valence-corrected chi connectivity index (χ2v) is 4.44. The molecule has 0 bridgehead atoms. The first kappa shape index (κ1) is 11.6. The molecule has 2 rings (SSSR count). The molecule has 17 heavy (non-hydrogen) atoms. The summed E-state index contributed by atoms with van der Waals surface area (Å²) in [6.07, 6.45) is 1.73. The quantitative estimate of drug-likeness (QED) is 0.751. The zero-order chi connectivity index (χ0) is 12.6. The average Bonchev–Trinajstić information content (AvgIpc) is 2.29. The Bertz CT molecular complexity index is 603. The molecule has 0 spiro atoms. The molecule has 0 amide bonds. The van der Waals surface area contributed by atoms with Gasteiger partial charge in [0.15, 0.2) is 0 Å². The Labute approximate surface area is 101 Å². The largest absolute Gasteiger partial charge is 0.268 e. The smallest absolute Gasteiger partial charge is 0.267 e. The number of hydrogen-bond donors (Lipinski definition) is 0. The summed E-state index contributed by atoms with van der Waals surface area (Å²) in [5.41, 5.74) is 5.61. The minimum Gasteiger partial charge on any atom is -0.268 e. The van der Waals surface area contributed by atoms with Gasteiger partial charge in [0, 0.05) is 18.7 Å². The fourth-order valence-corrected chi connectivity index (χ4v) is 1.83. The van der Waals surface area contributed by atoms with E-state index < -0.39 is 0 Å². The third-order valence-corrected chi connectivity index (χ3v) is 3.23. The van der Waals surface area contributed by atoms with Crippen LogP contribution in [0.4, 0.5) is 0 Å². The van der Waals surface area contributed by atoms with Gasteiger partial charge in [-0.05, 0) is 43.0 Å². The van der Waals surface area contributed by atoms with Crippen molar-refractivity contribution in [3.63, 3.8) is 0 Å². The maximum Gasteiger partial charge on any atom is 0.267 e. The van der Waals surface area contributed by atoms with E-state index in [-0.39, 0.29) is 5.56 Å². The summed E-state index contributed by atoms with van der Waals surface area (Å²) in [4.78, 5) is 11.6. The minimum atomic E-state index is -0.0848. The molecule has 0 aliphatic carbocycles. The van der Waals surface area contributed by atoms with Crippen molar-refractivity contribution in [2.75, 3.05) is 0 Å². The van der Waals surface area contributed by atoms with Crippen LogP contribution in [0.3, 0.4) is 0 Å². The molecule has 0 radical (unpaired) electrons. The van der Waals surface area contributed by atoms with Crippen LogP contribution in [0, 0.1) is 20.8 Å². The van der Waals surface area contributed by atoms with Gasteiger partial charge < -0.3 is 0 Å². The van der Waals surface area contributed by atoms with Crippen LogP contribution in [0.25, 0.3) is 11.1 Å². The summed E-state index contributed by atoms with van der Waals surface area (Å²) in [6.45, 7) is 6.28. The Balaban J connectivity index is 2.61. The molecule has 0 atom stereocenters. The Hall–Kier alpha value is -1.90. The Morgan fingerprint density at radius 3 is 2.12 bits per heavy atom. The maximum atomic E-state index is 11.6. The van der Waals surface area contributed by atoms with E-state index in [4.69, 9.17) is 0 Å². The highest BCUT2D eigenvalue weighted by molar-refractivity contribution is 5.64. The van der Waals surface area contributed by atoms with Crippen LogP contribution in [0.2, 0.25) is 0 Å². The molecule has 3 nitrogen and oxygen atoms in total. The highest BCUT2D eigenvalue weighted by Crippen LogP contribution is 2.23. The van der Waals surface area contributed by atoms with Gasteiger partial charge in [-0.1, -0.05) is 12.1 Å². The van der Waals surface area contributed by atoms with Gasteiger partial charge in [-0.3, -0.25) is 4.79 Å². The van der Waals surface area contributed by atoms with Gasteiger partial charge in [0.05, 0.1) is 6.20 Å². The summed E-state index contributed by atoms with van der Waals surface area (Å²) in [6, 6.07) is 5.81. The summed E-state index contributed by atoms with van der Waals surface area (Å²) in [5.74, 6) is 0. The van der Waals surface area contributed by atoms with Gasteiger partial charge >= 0.3 is 0 Å². The van der Waals surface area contributed by atoms with E-state index in [1.165, 1.54) is 21.4 Å². The van der Waals surface area contributed by atoms with E-state index >= 15 is 0 Å². The topological polar surface area (TPSA) is 34.9 Å². The van der Waals surface area contributed by atoms with Crippen molar-refractivity contribution in [3.05, 3.63) is 51.4 Å². The van der Waals surface area contributed by atoms with E-state index in [1.54, 1.807) is 19.3 Å². The third-order valence-electron chi connectivity index (χ3n) is 3.23. The highest BCUT2D eigenvalue weighted by atomic mass is 16.1. The predicted molar refractivity (Wildman–Crippen MR) is 69.1 cm³/mol. The van der Waals surface area contributed by atoms with E-state index in [0.29, 0.717) is 0 Å². The van der Waals surface area contributed by atoms with Crippen LogP contribution in [-0.4, -0.2) is 9.78 Å². The van der Waals surface area contributed by atoms with Crippen molar-refractivity contribution in [1.82, 2.24) is 9.78 Å². The zero-order valence-electron chi connectivity index (χ0n) is 10.6. The molecular weight excluding hydrogens is 212 g/mol. The van der Waals surface area contributed by atoms with Crippen molar-refractivity contribution < 1.29 is 0 Å². The predicted octanol–water partition coefficient (Wildman–Crippen LogP) is 2.37. The van der Waals surface area contributed by atoms with Crippen LogP contribution >= 0.6 is 0 Å². The van der Waals surface area contributed by atoms with Gasteiger partial charge in [-0.25, -0.2) is 4.68 Å². The monoisotopic (exact) mass is 228 g/mol. The normalized spacial score (nSPS) is 10.6. The van der Waals surface area contributed by atoms with Crippen LogP contribution in [0.5, 0.6) is 0 Å².